The highest BCUT2D eigenvalue weighted by atomic mass is 28.4. The third-order valence-electron chi connectivity index (χ3n) is 2.24. The van der Waals surface area contributed by atoms with E-state index in [9.17, 15) is 4.79 Å². The highest BCUT2D eigenvalue weighted by molar-refractivity contribution is 6.55. The number of allylic oxidation sites excluding steroid dienone is 1. The van der Waals surface area contributed by atoms with Gasteiger partial charge in [0.15, 0.2) is 0 Å². The van der Waals surface area contributed by atoms with Gasteiger partial charge in [0.25, 0.3) is 0 Å². The highest BCUT2D eigenvalue weighted by Gasteiger charge is 2.49. The van der Waals surface area contributed by atoms with Crippen LogP contribution in [0.3, 0.4) is 0 Å². The van der Waals surface area contributed by atoms with Crippen LogP contribution in [-0.2, 0) is 22.5 Å². The summed E-state index contributed by atoms with van der Waals surface area (Å²) in [6.07, 6.45) is 3.67. The fourth-order valence-corrected chi connectivity index (χ4v) is 3.26. The van der Waals surface area contributed by atoms with E-state index in [1.807, 2.05) is 26.8 Å². The summed E-state index contributed by atoms with van der Waals surface area (Å²) in [7, 11) is -3.35. The maximum absolute atomic E-state index is 12.0. The molecule has 0 aromatic carbocycles. The molecule has 0 fully saturated rings. The molecule has 0 aromatic heterocycles. The maximum atomic E-state index is 12.0. The Balaban J connectivity index is 4.82. The van der Waals surface area contributed by atoms with E-state index >= 15 is 0 Å². The second kappa shape index (κ2) is 10.1. The van der Waals surface area contributed by atoms with E-state index < -0.39 is 15.0 Å². The van der Waals surface area contributed by atoms with Crippen LogP contribution in [0.25, 0.3) is 0 Å². The molecule has 0 aliphatic heterocycles. The van der Waals surface area contributed by atoms with Crippen molar-refractivity contribution < 1.29 is 22.5 Å². The lowest BCUT2D eigenvalue weighted by atomic mass is 10.2. The maximum Gasteiger partial charge on any atom is 0.751 e. The van der Waals surface area contributed by atoms with Crippen molar-refractivity contribution in [3.8, 4) is 0 Å². The second-order valence-corrected chi connectivity index (χ2v) is 5.93. The van der Waals surface area contributed by atoms with Gasteiger partial charge in [0.1, 0.15) is 0 Å². The third kappa shape index (κ3) is 6.86. The van der Waals surface area contributed by atoms with Gasteiger partial charge in [-0.2, -0.15) is 0 Å². The number of unbranched alkanes of at least 4 members (excludes halogenated alkanes) is 1. The fourth-order valence-electron chi connectivity index (χ4n) is 1.38. The molecule has 0 amide bonds. The highest BCUT2D eigenvalue weighted by Crippen LogP contribution is 2.15. The van der Waals surface area contributed by atoms with Gasteiger partial charge >= 0.3 is 15.0 Å². The minimum atomic E-state index is -3.35. The van der Waals surface area contributed by atoms with Gasteiger partial charge in [-0.15, -0.1) is 0 Å². The van der Waals surface area contributed by atoms with Gasteiger partial charge in [0.2, 0.25) is 0 Å². The average Bonchev–Trinajstić information content (AvgIpc) is 2.36. The van der Waals surface area contributed by atoms with Crippen molar-refractivity contribution in [2.24, 2.45) is 0 Å². The Labute approximate surface area is 117 Å². The van der Waals surface area contributed by atoms with E-state index in [2.05, 4.69) is 6.92 Å². The minimum absolute atomic E-state index is 0.372. The summed E-state index contributed by atoms with van der Waals surface area (Å²) in [5.74, 6) is -0.435. The molecule has 112 valence electrons. The molecule has 19 heavy (non-hydrogen) atoms. The predicted octanol–water partition coefficient (Wildman–Crippen LogP) is 2.82. The lowest BCUT2D eigenvalue weighted by Gasteiger charge is -2.26. The molecule has 0 atom stereocenters. The van der Waals surface area contributed by atoms with E-state index in [1.165, 1.54) is 0 Å². The normalized spacial score (nSPS) is 12.6. The molecular weight excluding hydrogens is 264 g/mol. The van der Waals surface area contributed by atoms with Crippen molar-refractivity contribution in [2.75, 3.05) is 19.8 Å². The number of carbonyl (C=O) groups is 1. The first-order chi connectivity index (χ1) is 9.05. The Morgan fingerprint density at radius 3 is 1.84 bits per heavy atom. The van der Waals surface area contributed by atoms with Crippen molar-refractivity contribution >= 4 is 15.0 Å². The van der Waals surface area contributed by atoms with E-state index in [1.54, 1.807) is 6.92 Å². The molecule has 6 heteroatoms. The molecular formula is C13H26O5Si. The molecule has 0 saturated carbocycles. The summed E-state index contributed by atoms with van der Waals surface area (Å²) in [4.78, 5) is 12.0. The molecule has 0 unspecified atom stereocenters. The van der Waals surface area contributed by atoms with Crippen LogP contribution in [0.5, 0.6) is 0 Å². The molecule has 0 aliphatic carbocycles. The summed E-state index contributed by atoms with van der Waals surface area (Å²) in [6, 6.07) is 0. The zero-order chi connectivity index (χ0) is 14.7. The Kier molecular flexibility index (Phi) is 9.77. The molecule has 0 N–H and O–H groups in total. The van der Waals surface area contributed by atoms with Gasteiger partial charge in [-0.3, -0.25) is 0 Å². The Hall–Kier alpha value is -0.693. The van der Waals surface area contributed by atoms with Gasteiger partial charge < -0.3 is 17.7 Å². The van der Waals surface area contributed by atoms with Crippen molar-refractivity contribution in [3.05, 3.63) is 11.6 Å². The van der Waals surface area contributed by atoms with E-state index in [0.29, 0.717) is 25.4 Å². The molecule has 0 rings (SSSR count). The largest absolute Gasteiger partial charge is 0.751 e. The van der Waals surface area contributed by atoms with Crippen LogP contribution >= 0.6 is 0 Å². The predicted molar refractivity (Wildman–Crippen MR) is 75.4 cm³/mol. The second-order valence-electron chi connectivity index (χ2n) is 3.86. The summed E-state index contributed by atoms with van der Waals surface area (Å²) < 4.78 is 21.8. The molecule has 0 aromatic rings. The van der Waals surface area contributed by atoms with Crippen molar-refractivity contribution in [1.82, 2.24) is 0 Å². The minimum Gasteiger partial charge on any atom is -0.448 e. The first kappa shape index (κ1) is 18.3. The van der Waals surface area contributed by atoms with Gasteiger partial charge in [-0.25, -0.2) is 4.79 Å². The zero-order valence-corrected chi connectivity index (χ0v) is 13.7. The monoisotopic (exact) mass is 290 g/mol. The summed E-state index contributed by atoms with van der Waals surface area (Å²) in [6.45, 7) is 10.3. The zero-order valence-electron chi connectivity index (χ0n) is 12.7. The number of hydrogen-bond acceptors (Lipinski definition) is 5. The van der Waals surface area contributed by atoms with Crippen molar-refractivity contribution in [2.45, 2.75) is 47.5 Å². The van der Waals surface area contributed by atoms with Crippen molar-refractivity contribution in [3.63, 3.8) is 0 Å². The van der Waals surface area contributed by atoms with Crippen LogP contribution in [0.1, 0.15) is 47.5 Å². The first-order valence-corrected chi connectivity index (χ1v) is 8.50. The summed E-state index contributed by atoms with van der Waals surface area (Å²) >= 11 is 0. The molecule has 0 spiro atoms. The van der Waals surface area contributed by atoms with E-state index in [-0.39, 0.29) is 0 Å². The lowest BCUT2D eigenvalue weighted by molar-refractivity contribution is -0.140. The molecule has 0 radical (unpaired) electrons. The number of hydrogen-bond donors (Lipinski definition) is 0. The van der Waals surface area contributed by atoms with Crippen LogP contribution in [0.4, 0.5) is 0 Å². The lowest BCUT2D eigenvalue weighted by Crippen LogP contribution is -2.50. The third-order valence-corrected chi connectivity index (χ3v) is 4.60. The van der Waals surface area contributed by atoms with Crippen LogP contribution in [0.15, 0.2) is 11.6 Å². The van der Waals surface area contributed by atoms with E-state index in [0.717, 1.165) is 12.8 Å². The fraction of sp³-hybridized carbons (Fsp3) is 0.769. The molecule has 5 nitrogen and oxygen atoms in total. The summed E-state index contributed by atoms with van der Waals surface area (Å²) in [5, 5.41) is 0. The summed E-state index contributed by atoms with van der Waals surface area (Å²) in [5.41, 5.74) is 0.554. The number of carbonyl (C=O) groups excluding carboxylic acids is 1. The van der Waals surface area contributed by atoms with Crippen LogP contribution in [0.2, 0.25) is 0 Å². The van der Waals surface area contributed by atoms with Gasteiger partial charge in [0, 0.05) is 25.4 Å². The van der Waals surface area contributed by atoms with Gasteiger partial charge in [-0.1, -0.05) is 19.4 Å². The molecule has 0 heterocycles. The van der Waals surface area contributed by atoms with Gasteiger partial charge in [-0.05, 0) is 34.1 Å². The quantitative estimate of drug-likeness (QED) is 0.457. The first-order valence-electron chi connectivity index (χ1n) is 6.87. The van der Waals surface area contributed by atoms with Gasteiger partial charge in [0.05, 0.1) is 0 Å². The molecule has 0 saturated heterocycles. The topological polar surface area (TPSA) is 54.0 Å². The van der Waals surface area contributed by atoms with Crippen molar-refractivity contribution in [1.29, 1.82) is 0 Å². The van der Waals surface area contributed by atoms with Crippen LogP contribution in [-0.4, -0.2) is 34.8 Å². The standard InChI is InChI=1S/C13H26O5Si/c1-6-10-11-12(5)13(14)18-19(15-7-2,16-8-3)17-9-4/h11H,6-10H2,1-5H3. The van der Waals surface area contributed by atoms with E-state index in [4.69, 9.17) is 17.7 Å². The number of rotatable bonds is 10. The van der Waals surface area contributed by atoms with Crippen LogP contribution in [0, 0.1) is 0 Å². The Morgan fingerprint density at radius 2 is 1.47 bits per heavy atom. The smallest absolute Gasteiger partial charge is 0.448 e. The Morgan fingerprint density at radius 1 is 1.00 bits per heavy atom. The SMILES string of the molecule is CCCC=C(C)C(=O)O[Si](OCC)(OCC)OCC. The molecule has 0 aliphatic rings. The van der Waals surface area contributed by atoms with Crippen LogP contribution < -0.4 is 0 Å². The average molecular weight is 290 g/mol. The molecule has 0 bridgehead atoms. The Bertz CT molecular complexity index is 274.